The Kier molecular flexibility index (Phi) is 11.9. The van der Waals surface area contributed by atoms with Gasteiger partial charge in [-0.05, 0) is 31.7 Å². The summed E-state index contributed by atoms with van der Waals surface area (Å²) in [6, 6.07) is 10.5. The molecule has 1 aromatic carbocycles. The highest BCUT2D eigenvalue weighted by atomic mass is 15.1. The smallest absolute Gasteiger partial charge is 0.224 e. The summed E-state index contributed by atoms with van der Waals surface area (Å²) in [5, 5.41) is 7.04. The Morgan fingerprint density at radius 1 is 0.733 bits per heavy atom. The first-order valence-electron chi connectivity index (χ1n) is 12.1. The van der Waals surface area contributed by atoms with Crippen LogP contribution < -0.4 is 10.6 Å². The monoisotopic (exact) mass is 410 g/mol. The Morgan fingerprint density at radius 2 is 1.40 bits per heavy atom. The van der Waals surface area contributed by atoms with E-state index in [4.69, 9.17) is 9.97 Å². The molecule has 0 bridgehead atoms. The van der Waals surface area contributed by atoms with Crippen LogP contribution in [-0.2, 0) is 13.0 Å². The highest BCUT2D eigenvalue weighted by molar-refractivity contribution is 5.51. The van der Waals surface area contributed by atoms with Gasteiger partial charge < -0.3 is 10.6 Å². The van der Waals surface area contributed by atoms with Crippen molar-refractivity contribution in [1.82, 2.24) is 9.97 Å². The summed E-state index contributed by atoms with van der Waals surface area (Å²) in [4.78, 5) is 9.63. The van der Waals surface area contributed by atoms with Crippen molar-refractivity contribution >= 4 is 11.8 Å². The van der Waals surface area contributed by atoms with E-state index in [0.717, 1.165) is 37.0 Å². The summed E-state index contributed by atoms with van der Waals surface area (Å²) in [6.07, 6.45) is 13.9. The summed E-state index contributed by atoms with van der Waals surface area (Å²) in [6.45, 7) is 8.37. The molecule has 0 saturated heterocycles. The second-order valence-corrected chi connectivity index (χ2v) is 8.30. The lowest BCUT2D eigenvalue weighted by molar-refractivity contribution is 0.616. The molecule has 30 heavy (non-hydrogen) atoms. The van der Waals surface area contributed by atoms with Gasteiger partial charge in [-0.15, -0.1) is 0 Å². The molecule has 4 nitrogen and oxygen atoms in total. The van der Waals surface area contributed by atoms with E-state index in [0.29, 0.717) is 0 Å². The summed E-state index contributed by atoms with van der Waals surface area (Å²) < 4.78 is 0. The first kappa shape index (κ1) is 24.2. The lowest BCUT2D eigenvalue weighted by Gasteiger charge is -2.16. The highest BCUT2D eigenvalue weighted by Crippen LogP contribution is 2.22. The van der Waals surface area contributed by atoms with Gasteiger partial charge in [-0.2, -0.15) is 4.98 Å². The maximum Gasteiger partial charge on any atom is 0.224 e. The van der Waals surface area contributed by atoms with Gasteiger partial charge in [0.15, 0.2) is 0 Å². The summed E-state index contributed by atoms with van der Waals surface area (Å²) in [7, 11) is 0. The molecule has 0 fully saturated rings. The van der Waals surface area contributed by atoms with Crippen LogP contribution in [-0.4, -0.2) is 16.5 Å². The Morgan fingerprint density at radius 3 is 2.13 bits per heavy atom. The lowest BCUT2D eigenvalue weighted by atomic mass is 10.1. The van der Waals surface area contributed by atoms with Crippen molar-refractivity contribution < 1.29 is 0 Å². The maximum atomic E-state index is 4.86. The van der Waals surface area contributed by atoms with Crippen molar-refractivity contribution in [2.75, 3.05) is 17.2 Å². The molecule has 2 rings (SSSR count). The van der Waals surface area contributed by atoms with Gasteiger partial charge >= 0.3 is 0 Å². The zero-order valence-electron chi connectivity index (χ0n) is 19.5. The fourth-order valence-corrected chi connectivity index (χ4v) is 3.74. The number of aromatic nitrogens is 2. The first-order chi connectivity index (χ1) is 14.7. The number of anilines is 2. The van der Waals surface area contributed by atoms with Gasteiger partial charge in [0.05, 0.1) is 0 Å². The van der Waals surface area contributed by atoms with Gasteiger partial charge in [-0.1, -0.05) is 95.5 Å². The number of hydrogen-bond donors (Lipinski definition) is 2. The normalized spacial score (nSPS) is 10.9. The Labute approximate surface area is 184 Å². The van der Waals surface area contributed by atoms with E-state index in [1.54, 1.807) is 0 Å². The van der Waals surface area contributed by atoms with Crippen LogP contribution in [0, 0.1) is 6.92 Å². The van der Waals surface area contributed by atoms with Gasteiger partial charge in [0.25, 0.3) is 0 Å². The van der Waals surface area contributed by atoms with Crippen LogP contribution >= 0.6 is 0 Å². The lowest BCUT2D eigenvalue weighted by Crippen LogP contribution is -2.12. The topological polar surface area (TPSA) is 49.8 Å². The number of nitrogens with one attached hydrogen (secondary N) is 2. The number of unbranched alkanes of at least 4 members (excludes halogenated alkanes) is 8. The van der Waals surface area contributed by atoms with E-state index >= 15 is 0 Å². The second kappa shape index (κ2) is 14.8. The fourth-order valence-electron chi connectivity index (χ4n) is 3.74. The van der Waals surface area contributed by atoms with Gasteiger partial charge in [0.1, 0.15) is 5.82 Å². The minimum Gasteiger partial charge on any atom is -0.366 e. The molecule has 2 N–H and O–H groups in total. The molecule has 0 radical (unpaired) electrons. The first-order valence-corrected chi connectivity index (χ1v) is 12.1. The Balaban J connectivity index is 1.97. The van der Waals surface area contributed by atoms with E-state index in [-0.39, 0.29) is 0 Å². The quantitative estimate of drug-likeness (QED) is 0.285. The van der Waals surface area contributed by atoms with Crippen molar-refractivity contribution in [3.63, 3.8) is 0 Å². The Bertz CT molecular complexity index is 700. The summed E-state index contributed by atoms with van der Waals surface area (Å²) >= 11 is 0. The zero-order valence-corrected chi connectivity index (χ0v) is 19.5. The average molecular weight is 411 g/mol. The molecule has 4 heteroatoms. The van der Waals surface area contributed by atoms with E-state index in [1.165, 1.54) is 75.3 Å². The minimum atomic E-state index is 0.758. The van der Waals surface area contributed by atoms with Crippen molar-refractivity contribution in [3.05, 3.63) is 47.2 Å². The van der Waals surface area contributed by atoms with Crippen molar-refractivity contribution in [1.29, 1.82) is 0 Å². The molecule has 1 aromatic heterocycles. The molecule has 0 saturated carbocycles. The predicted molar refractivity (Wildman–Crippen MR) is 130 cm³/mol. The number of hydrogen-bond acceptors (Lipinski definition) is 4. The van der Waals surface area contributed by atoms with E-state index in [9.17, 15) is 0 Å². The van der Waals surface area contributed by atoms with Gasteiger partial charge in [0, 0.05) is 24.3 Å². The van der Waals surface area contributed by atoms with E-state index < -0.39 is 0 Å². The largest absolute Gasteiger partial charge is 0.366 e. The van der Waals surface area contributed by atoms with E-state index in [2.05, 4.69) is 61.7 Å². The average Bonchev–Trinajstić information content (AvgIpc) is 2.76. The molecule has 0 aliphatic heterocycles. The summed E-state index contributed by atoms with van der Waals surface area (Å²) in [5.74, 6) is 1.75. The molecule has 2 aromatic rings. The predicted octanol–water partition coefficient (Wildman–Crippen LogP) is 7.29. The third kappa shape index (κ3) is 9.15. The Hall–Kier alpha value is -2.10. The zero-order chi connectivity index (χ0) is 21.4. The van der Waals surface area contributed by atoms with Crippen LogP contribution in [0.3, 0.4) is 0 Å². The molecule has 0 atom stereocenters. The molecule has 0 amide bonds. The number of benzene rings is 1. The van der Waals surface area contributed by atoms with Gasteiger partial charge in [0.2, 0.25) is 5.95 Å². The molecular weight excluding hydrogens is 368 g/mol. The number of rotatable bonds is 16. The standard InChI is InChI=1S/C26H42N4/c1-4-6-8-10-11-16-20-27-26-29-22(3)24(19-15-9-7-5-2)25(30-26)28-21-23-17-13-12-14-18-23/h12-14,17-18H,4-11,15-16,19-21H2,1-3H3,(H2,27,28,29,30). The summed E-state index contributed by atoms with van der Waals surface area (Å²) in [5.41, 5.74) is 3.64. The maximum absolute atomic E-state index is 4.86. The van der Waals surface area contributed by atoms with Crippen LogP contribution in [0.15, 0.2) is 30.3 Å². The third-order valence-electron chi connectivity index (χ3n) is 5.61. The minimum absolute atomic E-state index is 0.758. The SMILES string of the molecule is CCCCCCCCNc1nc(C)c(CCCCCC)c(NCc2ccccc2)n1. The van der Waals surface area contributed by atoms with Crippen LogP contribution in [0.1, 0.15) is 94.9 Å². The molecular formula is C26H42N4. The van der Waals surface area contributed by atoms with Crippen molar-refractivity contribution in [3.8, 4) is 0 Å². The van der Waals surface area contributed by atoms with Crippen molar-refractivity contribution in [2.45, 2.75) is 97.9 Å². The highest BCUT2D eigenvalue weighted by Gasteiger charge is 2.12. The molecule has 0 aliphatic rings. The number of aryl methyl sites for hydroxylation is 1. The fraction of sp³-hybridized carbons (Fsp3) is 0.615. The van der Waals surface area contributed by atoms with Crippen LogP contribution in [0.5, 0.6) is 0 Å². The molecule has 0 spiro atoms. The van der Waals surface area contributed by atoms with Crippen LogP contribution in [0.2, 0.25) is 0 Å². The van der Waals surface area contributed by atoms with Crippen molar-refractivity contribution in [2.24, 2.45) is 0 Å². The van der Waals surface area contributed by atoms with Gasteiger partial charge in [-0.25, -0.2) is 4.98 Å². The molecule has 166 valence electrons. The molecule has 1 heterocycles. The van der Waals surface area contributed by atoms with E-state index in [1.807, 2.05) is 0 Å². The third-order valence-corrected chi connectivity index (χ3v) is 5.61. The second-order valence-electron chi connectivity index (χ2n) is 8.30. The van der Waals surface area contributed by atoms with Crippen LogP contribution in [0.25, 0.3) is 0 Å². The molecule has 0 aliphatic carbocycles. The number of nitrogens with zero attached hydrogens (tertiary/aromatic N) is 2. The molecule has 0 unspecified atom stereocenters. The van der Waals surface area contributed by atoms with Crippen LogP contribution in [0.4, 0.5) is 11.8 Å². The van der Waals surface area contributed by atoms with Gasteiger partial charge in [-0.3, -0.25) is 0 Å².